The first-order valence-electron chi connectivity index (χ1n) is 9.74. The van der Waals surface area contributed by atoms with Crippen LogP contribution in [-0.2, 0) is 16.5 Å². The third-order valence-corrected chi connectivity index (χ3v) is 5.03. The van der Waals surface area contributed by atoms with Gasteiger partial charge in [-0.15, -0.1) is 0 Å². The molecule has 2 rings (SSSR count). The maximum Gasteiger partial charge on any atom is 0.262 e. The Kier molecular flexibility index (Phi) is 7.98. The van der Waals surface area contributed by atoms with Crippen LogP contribution in [0, 0.1) is 6.92 Å². The van der Waals surface area contributed by atoms with Gasteiger partial charge in [0.05, 0.1) is 24.1 Å². The number of benzene rings is 1. The number of nitrogens with one attached hydrogen (secondary N) is 1. The van der Waals surface area contributed by atoms with Crippen LogP contribution in [0.25, 0.3) is 10.9 Å². The molecule has 0 aliphatic rings. The highest BCUT2D eigenvalue weighted by Gasteiger charge is 2.22. The van der Waals surface area contributed by atoms with Gasteiger partial charge >= 0.3 is 0 Å². The summed E-state index contributed by atoms with van der Waals surface area (Å²) < 4.78 is 12.0. The zero-order valence-corrected chi connectivity index (χ0v) is 18.0. The lowest BCUT2D eigenvalue weighted by Gasteiger charge is -2.31. The Labute approximate surface area is 167 Å². The van der Waals surface area contributed by atoms with E-state index in [4.69, 9.17) is 14.5 Å². The standard InChI is InChI=1S/C21H34N4O3/c1-16-8-7-9-17-18(16)22-20(24(4)19(17)26)23-21(2,3)10-11-25(12-14-27-5)13-15-28-6/h7-9H,10-15H2,1-6H3,(H,22,23). The van der Waals surface area contributed by atoms with Gasteiger partial charge in [0.15, 0.2) is 0 Å². The van der Waals surface area contributed by atoms with Crippen molar-refractivity contribution < 1.29 is 9.47 Å². The lowest BCUT2D eigenvalue weighted by molar-refractivity contribution is 0.110. The van der Waals surface area contributed by atoms with Gasteiger partial charge < -0.3 is 14.8 Å². The summed E-state index contributed by atoms with van der Waals surface area (Å²) in [6.07, 6.45) is 0.891. The summed E-state index contributed by atoms with van der Waals surface area (Å²) in [5, 5.41) is 4.13. The van der Waals surface area contributed by atoms with Crippen molar-refractivity contribution in [2.24, 2.45) is 7.05 Å². The van der Waals surface area contributed by atoms with Crippen molar-refractivity contribution in [2.45, 2.75) is 32.7 Å². The lowest BCUT2D eigenvalue weighted by Crippen LogP contribution is -2.40. The minimum Gasteiger partial charge on any atom is -0.383 e. The van der Waals surface area contributed by atoms with Crippen molar-refractivity contribution >= 4 is 16.9 Å². The first kappa shape index (κ1) is 22.3. The van der Waals surface area contributed by atoms with E-state index in [1.54, 1.807) is 25.8 Å². The highest BCUT2D eigenvalue weighted by Crippen LogP contribution is 2.19. The molecule has 1 aromatic carbocycles. The number of hydrogen-bond donors (Lipinski definition) is 1. The quantitative estimate of drug-likeness (QED) is 0.636. The van der Waals surface area contributed by atoms with Gasteiger partial charge in [0.2, 0.25) is 5.95 Å². The largest absolute Gasteiger partial charge is 0.383 e. The molecule has 0 saturated heterocycles. The van der Waals surface area contributed by atoms with E-state index in [1.807, 2.05) is 25.1 Å². The molecule has 1 N–H and O–H groups in total. The molecule has 0 aliphatic carbocycles. The van der Waals surface area contributed by atoms with Crippen molar-refractivity contribution in [1.29, 1.82) is 0 Å². The Bertz CT molecular complexity index is 824. The van der Waals surface area contributed by atoms with Crippen molar-refractivity contribution in [3.8, 4) is 0 Å². The highest BCUT2D eigenvalue weighted by atomic mass is 16.5. The fraction of sp³-hybridized carbons (Fsp3) is 0.619. The second-order valence-corrected chi connectivity index (χ2v) is 7.86. The fourth-order valence-electron chi connectivity index (χ4n) is 3.13. The van der Waals surface area contributed by atoms with Crippen LogP contribution in [0.5, 0.6) is 0 Å². The monoisotopic (exact) mass is 390 g/mol. The zero-order valence-electron chi connectivity index (χ0n) is 18.0. The number of hydrogen-bond acceptors (Lipinski definition) is 6. The summed E-state index contributed by atoms with van der Waals surface area (Å²) in [6.45, 7) is 10.2. The first-order chi connectivity index (χ1) is 13.3. The maximum atomic E-state index is 12.7. The Hall–Kier alpha value is -1.96. The highest BCUT2D eigenvalue weighted by molar-refractivity contribution is 5.81. The minimum absolute atomic E-state index is 0.0335. The summed E-state index contributed by atoms with van der Waals surface area (Å²) in [5.74, 6) is 0.595. The van der Waals surface area contributed by atoms with E-state index in [0.29, 0.717) is 24.5 Å². The Morgan fingerprint density at radius 1 is 1.14 bits per heavy atom. The van der Waals surface area contributed by atoms with Gasteiger partial charge in [0.25, 0.3) is 5.56 Å². The number of methoxy groups -OCH3 is 2. The molecule has 0 fully saturated rings. The molecule has 2 aromatic rings. The summed E-state index contributed by atoms with van der Waals surface area (Å²) in [7, 11) is 5.20. The molecule has 0 aliphatic heterocycles. The number of fused-ring (bicyclic) bond motifs is 1. The number of aryl methyl sites for hydroxylation is 1. The van der Waals surface area contributed by atoms with E-state index in [2.05, 4.69) is 24.1 Å². The molecule has 0 radical (unpaired) electrons. The van der Waals surface area contributed by atoms with E-state index in [1.165, 1.54) is 0 Å². The second kappa shape index (κ2) is 10.0. The van der Waals surface area contributed by atoms with Gasteiger partial charge in [0.1, 0.15) is 0 Å². The molecular weight excluding hydrogens is 356 g/mol. The molecule has 7 nitrogen and oxygen atoms in total. The molecule has 7 heteroatoms. The lowest BCUT2D eigenvalue weighted by atomic mass is 10.0. The van der Waals surface area contributed by atoms with Crippen LogP contribution in [-0.4, -0.2) is 67.1 Å². The van der Waals surface area contributed by atoms with Gasteiger partial charge in [-0.25, -0.2) is 4.98 Å². The van der Waals surface area contributed by atoms with E-state index in [0.717, 1.165) is 37.1 Å². The molecule has 0 amide bonds. The normalized spacial score (nSPS) is 12.1. The minimum atomic E-state index is -0.230. The fourth-order valence-corrected chi connectivity index (χ4v) is 3.13. The first-order valence-corrected chi connectivity index (χ1v) is 9.74. The molecule has 156 valence electrons. The zero-order chi connectivity index (χ0) is 20.7. The van der Waals surface area contributed by atoms with Crippen LogP contribution in [0.3, 0.4) is 0 Å². The Morgan fingerprint density at radius 2 is 1.79 bits per heavy atom. The molecule has 1 heterocycles. The van der Waals surface area contributed by atoms with Gasteiger partial charge in [-0.05, 0) is 38.8 Å². The molecule has 28 heavy (non-hydrogen) atoms. The molecule has 0 unspecified atom stereocenters. The molecule has 0 spiro atoms. The third-order valence-electron chi connectivity index (χ3n) is 5.03. The average Bonchev–Trinajstić information content (AvgIpc) is 2.66. The topological polar surface area (TPSA) is 68.6 Å². The van der Waals surface area contributed by atoms with E-state index >= 15 is 0 Å². The molecule has 0 saturated carbocycles. The number of para-hydroxylation sites is 1. The van der Waals surface area contributed by atoms with Gasteiger partial charge in [-0.1, -0.05) is 12.1 Å². The summed E-state index contributed by atoms with van der Waals surface area (Å²) >= 11 is 0. The summed E-state index contributed by atoms with van der Waals surface area (Å²) in [6, 6.07) is 5.70. The van der Waals surface area contributed by atoms with Crippen LogP contribution in [0.4, 0.5) is 5.95 Å². The molecule has 0 atom stereocenters. The number of ether oxygens (including phenoxy) is 2. The number of anilines is 1. The number of nitrogens with zero attached hydrogens (tertiary/aromatic N) is 3. The predicted octanol–water partition coefficient (Wildman–Crippen LogP) is 2.42. The van der Waals surface area contributed by atoms with Crippen molar-refractivity contribution in [3.05, 3.63) is 34.1 Å². The van der Waals surface area contributed by atoms with Crippen molar-refractivity contribution in [3.63, 3.8) is 0 Å². The smallest absolute Gasteiger partial charge is 0.262 e. The molecular formula is C21H34N4O3. The van der Waals surface area contributed by atoms with Crippen LogP contribution in [0.1, 0.15) is 25.8 Å². The van der Waals surface area contributed by atoms with Gasteiger partial charge in [0, 0.05) is 46.4 Å². The number of aromatic nitrogens is 2. The Balaban J connectivity index is 2.15. The van der Waals surface area contributed by atoms with Crippen LogP contribution < -0.4 is 10.9 Å². The van der Waals surface area contributed by atoms with Crippen LogP contribution in [0.15, 0.2) is 23.0 Å². The van der Waals surface area contributed by atoms with Gasteiger partial charge in [-0.2, -0.15) is 0 Å². The maximum absolute atomic E-state index is 12.7. The summed E-state index contributed by atoms with van der Waals surface area (Å²) in [5.41, 5.74) is 1.49. The van der Waals surface area contributed by atoms with Gasteiger partial charge in [-0.3, -0.25) is 14.3 Å². The SMILES string of the molecule is COCCN(CCOC)CCC(C)(C)Nc1nc2c(C)cccc2c(=O)n1C. The van der Waals surface area contributed by atoms with Crippen LogP contribution >= 0.6 is 0 Å². The molecule has 1 aromatic heterocycles. The molecule has 0 bridgehead atoms. The second-order valence-electron chi connectivity index (χ2n) is 7.86. The average molecular weight is 391 g/mol. The van der Waals surface area contributed by atoms with E-state index in [9.17, 15) is 4.79 Å². The van der Waals surface area contributed by atoms with E-state index < -0.39 is 0 Å². The number of rotatable bonds is 11. The van der Waals surface area contributed by atoms with Crippen LogP contribution in [0.2, 0.25) is 0 Å². The van der Waals surface area contributed by atoms with Crippen molar-refractivity contribution in [2.75, 3.05) is 52.4 Å². The van der Waals surface area contributed by atoms with E-state index in [-0.39, 0.29) is 11.1 Å². The van der Waals surface area contributed by atoms with Crippen molar-refractivity contribution in [1.82, 2.24) is 14.5 Å². The summed E-state index contributed by atoms with van der Waals surface area (Å²) in [4.78, 5) is 19.8. The third kappa shape index (κ3) is 5.77. The Morgan fingerprint density at radius 3 is 2.39 bits per heavy atom. The predicted molar refractivity (Wildman–Crippen MR) is 114 cm³/mol.